The van der Waals surface area contributed by atoms with Crippen LogP contribution in [0.2, 0.25) is 5.02 Å². The normalized spacial score (nSPS) is 12.2. The molecule has 0 saturated heterocycles. The highest BCUT2D eigenvalue weighted by Gasteiger charge is 2.16. The fourth-order valence-electron chi connectivity index (χ4n) is 1.70. The summed E-state index contributed by atoms with van der Waals surface area (Å²) < 4.78 is 0. The van der Waals surface area contributed by atoms with Gasteiger partial charge in [0, 0.05) is 18.6 Å². The van der Waals surface area contributed by atoms with Crippen LogP contribution in [0.1, 0.15) is 25.3 Å². The van der Waals surface area contributed by atoms with Crippen LogP contribution in [-0.4, -0.2) is 23.9 Å². The molecule has 0 fully saturated rings. The Hall–Kier alpha value is -1.06. The lowest BCUT2D eigenvalue weighted by molar-refractivity contribution is -0.131. The van der Waals surface area contributed by atoms with Crippen LogP contribution in [0, 0.1) is 0 Å². The van der Waals surface area contributed by atoms with Gasteiger partial charge in [-0.15, -0.1) is 0 Å². The van der Waals surface area contributed by atoms with E-state index in [9.17, 15) is 4.79 Å². The molecule has 0 spiro atoms. The third kappa shape index (κ3) is 4.36. The zero-order valence-electron chi connectivity index (χ0n) is 10.3. The minimum Gasteiger partial charge on any atom is -0.340 e. The van der Waals surface area contributed by atoms with E-state index >= 15 is 0 Å². The summed E-state index contributed by atoms with van der Waals surface area (Å²) in [5, 5.41) is 0.682. The van der Waals surface area contributed by atoms with Crippen molar-refractivity contribution in [3.8, 4) is 0 Å². The largest absolute Gasteiger partial charge is 0.340 e. The summed E-state index contributed by atoms with van der Waals surface area (Å²) in [5.74, 6) is -0.0215. The number of benzene rings is 1. The first-order valence-corrected chi connectivity index (χ1v) is 6.17. The molecule has 0 aliphatic rings. The Labute approximate surface area is 108 Å². The number of likely N-dealkylation sites (N-methyl/N-ethyl adjacent to an activating group) is 1. The summed E-state index contributed by atoms with van der Waals surface area (Å²) in [7, 11) is 1.76. The summed E-state index contributed by atoms with van der Waals surface area (Å²) in [6.07, 6.45) is 1.64. The second-order valence-electron chi connectivity index (χ2n) is 4.22. The van der Waals surface area contributed by atoms with Gasteiger partial charge in [-0.1, -0.05) is 37.1 Å². The van der Waals surface area contributed by atoms with E-state index in [4.69, 9.17) is 17.3 Å². The molecule has 1 aromatic carbocycles. The lowest BCUT2D eigenvalue weighted by Crippen LogP contribution is -2.41. The van der Waals surface area contributed by atoms with Crippen LogP contribution in [0.15, 0.2) is 24.3 Å². The number of nitrogens with two attached hydrogens (primary N) is 1. The fourth-order valence-corrected chi connectivity index (χ4v) is 1.92. The van der Waals surface area contributed by atoms with Gasteiger partial charge in [0.2, 0.25) is 5.91 Å². The molecule has 0 bridgehead atoms. The van der Waals surface area contributed by atoms with E-state index in [1.54, 1.807) is 11.9 Å². The van der Waals surface area contributed by atoms with Crippen LogP contribution in [0.4, 0.5) is 0 Å². The third-order valence-electron chi connectivity index (χ3n) is 2.60. The Bertz CT molecular complexity index is 381. The summed E-state index contributed by atoms with van der Waals surface area (Å²) in [6, 6.07) is 7.10. The van der Waals surface area contributed by atoms with Gasteiger partial charge in [-0.2, -0.15) is 0 Å². The lowest BCUT2D eigenvalue weighted by atomic mass is 10.1. The maximum Gasteiger partial charge on any atom is 0.239 e. The molecule has 0 heterocycles. The molecule has 94 valence electrons. The van der Waals surface area contributed by atoms with Gasteiger partial charge in [0.15, 0.2) is 0 Å². The van der Waals surface area contributed by atoms with E-state index in [2.05, 4.69) is 0 Å². The van der Waals surface area contributed by atoms with Crippen LogP contribution >= 0.6 is 11.6 Å². The number of hydrogen-bond donors (Lipinski definition) is 1. The first kappa shape index (κ1) is 14.0. The quantitative estimate of drug-likeness (QED) is 0.877. The van der Waals surface area contributed by atoms with Gasteiger partial charge in [0.05, 0.1) is 6.04 Å². The first-order chi connectivity index (χ1) is 8.04. The number of amides is 1. The van der Waals surface area contributed by atoms with E-state index in [0.717, 1.165) is 18.4 Å². The summed E-state index contributed by atoms with van der Waals surface area (Å²) in [6.45, 7) is 2.56. The monoisotopic (exact) mass is 254 g/mol. The van der Waals surface area contributed by atoms with Crippen molar-refractivity contribution in [1.82, 2.24) is 4.90 Å². The van der Waals surface area contributed by atoms with Crippen molar-refractivity contribution >= 4 is 17.5 Å². The predicted molar refractivity (Wildman–Crippen MR) is 70.8 cm³/mol. The van der Waals surface area contributed by atoms with Crippen molar-refractivity contribution in [2.24, 2.45) is 5.73 Å². The number of halogens is 1. The topological polar surface area (TPSA) is 46.3 Å². The van der Waals surface area contributed by atoms with Crippen molar-refractivity contribution < 1.29 is 4.79 Å². The maximum atomic E-state index is 11.9. The van der Waals surface area contributed by atoms with Crippen molar-refractivity contribution in [2.45, 2.75) is 32.4 Å². The van der Waals surface area contributed by atoms with Gasteiger partial charge < -0.3 is 10.6 Å². The zero-order chi connectivity index (χ0) is 12.8. The average molecular weight is 255 g/mol. The molecule has 1 aromatic rings. The summed E-state index contributed by atoms with van der Waals surface area (Å²) in [4.78, 5) is 13.5. The molecule has 17 heavy (non-hydrogen) atoms. The highest BCUT2D eigenvalue weighted by atomic mass is 35.5. The molecule has 0 radical (unpaired) electrons. The molecule has 0 aliphatic carbocycles. The molecule has 3 nitrogen and oxygen atoms in total. The Morgan fingerprint density at radius 3 is 2.82 bits per heavy atom. The van der Waals surface area contributed by atoms with Gasteiger partial charge in [-0.05, 0) is 24.1 Å². The average Bonchev–Trinajstić information content (AvgIpc) is 2.28. The van der Waals surface area contributed by atoms with Crippen LogP contribution in [0.3, 0.4) is 0 Å². The van der Waals surface area contributed by atoms with Crippen LogP contribution in [0.5, 0.6) is 0 Å². The van der Waals surface area contributed by atoms with Crippen LogP contribution < -0.4 is 5.73 Å². The molecule has 1 rings (SSSR count). The van der Waals surface area contributed by atoms with Gasteiger partial charge in [0.25, 0.3) is 0 Å². The Kier molecular flexibility index (Phi) is 5.45. The van der Waals surface area contributed by atoms with Crippen molar-refractivity contribution in [3.63, 3.8) is 0 Å². The molecule has 0 unspecified atom stereocenters. The molecule has 1 atom stereocenters. The highest BCUT2D eigenvalue weighted by molar-refractivity contribution is 6.30. The molecule has 0 aromatic heterocycles. The highest BCUT2D eigenvalue weighted by Crippen LogP contribution is 2.12. The number of nitrogens with zero attached hydrogens (tertiary/aromatic N) is 1. The number of carbonyl (C=O) groups excluding carboxylic acids is 1. The van der Waals surface area contributed by atoms with Gasteiger partial charge in [-0.3, -0.25) is 4.79 Å². The van der Waals surface area contributed by atoms with Crippen molar-refractivity contribution in [1.29, 1.82) is 0 Å². The first-order valence-electron chi connectivity index (χ1n) is 5.79. The minimum absolute atomic E-state index is 0.0215. The fraction of sp³-hybridized carbons (Fsp3) is 0.462. The Balaban J connectivity index is 2.59. The van der Waals surface area contributed by atoms with Crippen LogP contribution in [0.25, 0.3) is 0 Å². The second-order valence-corrected chi connectivity index (χ2v) is 4.66. The predicted octanol–water partition coefficient (Wildman–Crippen LogP) is 2.43. The van der Waals surface area contributed by atoms with Crippen LogP contribution in [-0.2, 0) is 11.3 Å². The molecule has 0 aliphatic heterocycles. The molecular formula is C13H19ClN2O. The van der Waals surface area contributed by atoms with Gasteiger partial charge in [-0.25, -0.2) is 0 Å². The molecule has 0 saturated carbocycles. The van der Waals surface area contributed by atoms with E-state index in [1.807, 2.05) is 31.2 Å². The molecular weight excluding hydrogens is 236 g/mol. The minimum atomic E-state index is -0.399. The lowest BCUT2D eigenvalue weighted by Gasteiger charge is -2.21. The maximum absolute atomic E-state index is 11.9. The van der Waals surface area contributed by atoms with E-state index in [0.29, 0.717) is 11.6 Å². The van der Waals surface area contributed by atoms with E-state index < -0.39 is 6.04 Å². The molecule has 2 N–H and O–H groups in total. The zero-order valence-corrected chi connectivity index (χ0v) is 11.1. The molecule has 4 heteroatoms. The van der Waals surface area contributed by atoms with E-state index in [-0.39, 0.29) is 5.91 Å². The molecule has 1 amide bonds. The van der Waals surface area contributed by atoms with Crippen molar-refractivity contribution in [3.05, 3.63) is 34.9 Å². The summed E-state index contributed by atoms with van der Waals surface area (Å²) >= 11 is 5.89. The SMILES string of the molecule is CCC[C@H](N)C(=O)N(C)Cc1cccc(Cl)c1. The Morgan fingerprint density at radius 1 is 1.53 bits per heavy atom. The standard InChI is InChI=1S/C13H19ClN2O/c1-3-5-12(15)13(17)16(2)9-10-6-4-7-11(14)8-10/h4,6-8,12H,3,5,9,15H2,1-2H3/t12-/m0/s1. The second kappa shape index (κ2) is 6.62. The van der Waals surface area contributed by atoms with Gasteiger partial charge >= 0.3 is 0 Å². The smallest absolute Gasteiger partial charge is 0.239 e. The number of carbonyl (C=O) groups is 1. The third-order valence-corrected chi connectivity index (χ3v) is 2.84. The summed E-state index contributed by atoms with van der Waals surface area (Å²) in [5.41, 5.74) is 6.81. The Morgan fingerprint density at radius 2 is 2.24 bits per heavy atom. The van der Waals surface area contributed by atoms with Crippen molar-refractivity contribution in [2.75, 3.05) is 7.05 Å². The number of rotatable bonds is 5. The number of hydrogen-bond acceptors (Lipinski definition) is 2. The van der Waals surface area contributed by atoms with Gasteiger partial charge in [0.1, 0.15) is 0 Å². The van der Waals surface area contributed by atoms with E-state index in [1.165, 1.54) is 0 Å².